The molecule has 0 spiro atoms. The van der Waals surface area contributed by atoms with Crippen molar-refractivity contribution in [3.63, 3.8) is 0 Å². The summed E-state index contributed by atoms with van der Waals surface area (Å²) in [4.78, 5) is 25.9. The van der Waals surface area contributed by atoms with Crippen LogP contribution < -0.4 is 15.0 Å². The van der Waals surface area contributed by atoms with Crippen LogP contribution in [0.2, 0.25) is 5.02 Å². The SMILES string of the molecule is O=C(CN1C(=O)CCOc2ccccc21)Nc1ccc(F)c(Cl)c1. The number of nitrogens with zero attached hydrogens (tertiary/aromatic N) is 1. The van der Waals surface area contributed by atoms with Gasteiger partial charge in [0.05, 0.1) is 23.7 Å². The van der Waals surface area contributed by atoms with E-state index in [0.29, 0.717) is 17.1 Å². The first-order valence-corrected chi connectivity index (χ1v) is 7.69. The maximum Gasteiger partial charge on any atom is 0.244 e. The molecule has 1 heterocycles. The fourth-order valence-electron chi connectivity index (χ4n) is 2.41. The lowest BCUT2D eigenvalue weighted by Gasteiger charge is -2.21. The van der Waals surface area contributed by atoms with E-state index in [1.54, 1.807) is 24.3 Å². The molecule has 0 radical (unpaired) electrons. The molecule has 0 fully saturated rings. The van der Waals surface area contributed by atoms with Crippen molar-refractivity contribution in [1.82, 2.24) is 0 Å². The summed E-state index contributed by atoms with van der Waals surface area (Å²) in [7, 11) is 0. The summed E-state index contributed by atoms with van der Waals surface area (Å²) in [5.41, 5.74) is 0.908. The topological polar surface area (TPSA) is 58.6 Å². The highest BCUT2D eigenvalue weighted by Gasteiger charge is 2.25. The van der Waals surface area contributed by atoms with Gasteiger partial charge in [0.1, 0.15) is 18.1 Å². The Labute approximate surface area is 143 Å². The molecule has 2 aromatic rings. The second-order valence-electron chi connectivity index (χ2n) is 5.22. The number of rotatable bonds is 3. The molecule has 0 bridgehead atoms. The van der Waals surface area contributed by atoms with E-state index in [2.05, 4.69) is 5.32 Å². The molecule has 2 aromatic carbocycles. The molecule has 0 aliphatic carbocycles. The number of benzene rings is 2. The van der Waals surface area contributed by atoms with Crippen LogP contribution in [0.1, 0.15) is 6.42 Å². The Kier molecular flexibility index (Phi) is 4.66. The van der Waals surface area contributed by atoms with Gasteiger partial charge in [-0.1, -0.05) is 23.7 Å². The fraction of sp³-hybridized carbons (Fsp3) is 0.176. The third-order valence-corrected chi connectivity index (χ3v) is 3.83. The minimum Gasteiger partial charge on any atom is -0.491 e. The van der Waals surface area contributed by atoms with Gasteiger partial charge < -0.3 is 10.1 Å². The number of nitrogens with one attached hydrogen (secondary N) is 1. The van der Waals surface area contributed by atoms with Gasteiger partial charge in [0, 0.05) is 5.69 Å². The normalized spacial score (nSPS) is 13.8. The highest BCUT2D eigenvalue weighted by molar-refractivity contribution is 6.31. The van der Waals surface area contributed by atoms with Gasteiger partial charge in [-0.3, -0.25) is 14.5 Å². The lowest BCUT2D eigenvalue weighted by molar-refractivity contribution is -0.121. The standard InChI is InChI=1S/C17H14ClFN2O3/c18-12-9-11(5-6-13(12)19)20-16(22)10-21-14-3-1-2-4-15(14)24-8-7-17(21)23/h1-6,9H,7-8,10H2,(H,20,22). The van der Waals surface area contributed by atoms with E-state index in [1.807, 2.05) is 0 Å². The number of anilines is 2. The zero-order chi connectivity index (χ0) is 17.1. The molecule has 1 N–H and O–H groups in total. The summed E-state index contributed by atoms with van der Waals surface area (Å²) < 4.78 is 18.7. The Morgan fingerprint density at radius 1 is 1.29 bits per heavy atom. The quantitative estimate of drug-likeness (QED) is 0.926. The number of para-hydroxylation sites is 2. The Hall–Kier alpha value is -2.60. The number of hydrogen-bond acceptors (Lipinski definition) is 3. The van der Waals surface area contributed by atoms with Gasteiger partial charge in [-0.25, -0.2) is 4.39 Å². The second-order valence-corrected chi connectivity index (χ2v) is 5.63. The lowest BCUT2D eigenvalue weighted by atomic mass is 10.2. The molecule has 0 saturated carbocycles. The van der Waals surface area contributed by atoms with Crippen molar-refractivity contribution < 1.29 is 18.7 Å². The Morgan fingerprint density at radius 2 is 2.08 bits per heavy atom. The number of carbonyl (C=O) groups excluding carboxylic acids is 2. The number of hydrogen-bond donors (Lipinski definition) is 1. The largest absolute Gasteiger partial charge is 0.491 e. The van der Waals surface area contributed by atoms with Crippen LogP contribution in [0.5, 0.6) is 5.75 Å². The van der Waals surface area contributed by atoms with Crippen molar-refractivity contribution in [3.05, 3.63) is 53.3 Å². The molecular weight excluding hydrogens is 335 g/mol. The summed E-state index contributed by atoms with van der Waals surface area (Å²) in [6.07, 6.45) is 0.185. The van der Waals surface area contributed by atoms with Gasteiger partial charge in [0.2, 0.25) is 11.8 Å². The number of carbonyl (C=O) groups is 2. The Balaban J connectivity index is 1.77. The van der Waals surface area contributed by atoms with E-state index in [4.69, 9.17) is 16.3 Å². The third kappa shape index (κ3) is 3.49. The molecular formula is C17H14ClFN2O3. The Bertz CT molecular complexity index is 797. The van der Waals surface area contributed by atoms with Gasteiger partial charge in [-0.15, -0.1) is 0 Å². The summed E-state index contributed by atoms with van der Waals surface area (Å²) in [6, 6.07) is 10.9. The van der Waals surface area contributed by atoms with Crippen LogP contribution in [-0.4, -0.2) is 25.0 Å². The molecule has 24 heavy (non-hydrogen) atoms. The fourth-order valence-corrected chi connectivity index (χ4v) is 2.59. The van der Waals surface area contributed by atoms with Gasteiger partial charge in [-0.2, -0.15) is 0 Å². The van der Waals surface area contributed by atoms with Gasteiger partial charge in [0.15, 0.2) is 0 Å². The van der Waals surface area contributed by atoms with Crippen LogP contribution in [0.4, 0.5) is 15.8 Å². The highest BCUT2D eigenvalue weighted by atomic mass is 35.5. The van der Waals surface area contributed by atoms with Gasteiger partial charge in [0.25, 0.3) is 0 Å². The van der Waals surface area contributed by atoms with Crippen LogP contribution in [0, 0.1) is 5.82 Å². The second kappa shape index (κ2) is 6.88. The first kappa shape index (κ1) is 16.3. The number of fused-ring (bicyclic) bond motifs is 1. The average molecular weight is 349 g/mol. The van der Waals surface area contributed by atoms with E-state index in [1.165, 1.54) is 17.0 Å². The van der Waals surface area contributed by atoms with Crippen molar-refractivity contribution in [3.8, 4) is 5.75 Å². The molecule has 0 unspecified atom stereocenters. The van der Waals surface area contributed by atoms with Crippen molar-refractivity contribution in [2.45, 2.75) is 6.42 Å². The predicted molar refractivity (Wildman–Crippen MR) is 88.9 cm³/mol. The van der Waals surface area contributed by atoms with E-state index < -0.39 is 11.7 Å². The monoisotopic (exact) mass is 348 g/mol. The molecule has 1 aliphatic rings. The highest BCUT2D eigenvalue weighted by Crippen LogP contribution is 2.30. The molecule has 0 saturated heterocycles. The third-order valence-electron chi connectivity index (χ3n) is 3.54. The molecule has 2 amide bonds. The van der Waals surface area contributed by atoms with Crippen molar-refractivity contribution in [2.75, 3.05) is 23.4 Å². The van der Waals surface area contributed by atoms with Gasteiger partial charge >= 0.3 is 0 Å². The van der Waals surface area contributed by atoms with Crippen LogP contribution >= 0.6 is 11.6 Å². The van der Waals surface area contributed by atoms with E-state index in [-0.39, 0.29) is 30.5 Å². The van der Waals surface area contributed by atoms with Gasteiger partial charge in [-0.05, 0) is 30.3 Å². The molecule has 7 heteroatoms. The molecule has 124 valence electrons. The first-order valence-electron chi connectivity index (χ1n) is 7.31. The van der Waals surface area contributed by atoms with Crippen LogP contribution in [0.3, 0.4) is 0 Å². The maximum absolute atomic E-state index is 13.2. The zero-order valence-electron chi connectivity index (χ0n) is 12.6. The summed E-state index contributed by atoms with van der Waals surface area (Å²) in [5.74, 6) is -0.626. The van der Waals surface area contributed by atoms with Crippen molar-refractivity contribution in [2.24, 2.45) is 0 Å². The summed E-state index contributed by atoms with van der Waals surface area (Å²) in [6.45, 7) is 0.0930. The average Bonchev–Trinajstić information content (AvgIpc) is 2.71. The number of halogens is 2. The summed E-state index contributed by atoms with van der Waals surface area (Å²) >= 11 is 5.69. The van der Waals surface area contributed by atoms with Crippen molar-refractivity contribution >= 4 is 34.8 Å². The Morgan fingerprint density at radius 3 is 2.88 bits per heavy atom. The minimum absolute atomic E-state index is 0.0857. The lowest BCUT2D eigenvalue weighted by Crippen LogP contribution is -2.37. The van der Waals surface area contributed by atoms with E-state index in [0.717, 1.165) is 6.07 Å². The smallest absolute Gasteiger partial charge is 0.244 e. The molecule has 3 rings (SSSR count). The van der Waals surface area contributed by atoms with E-state index in [9.17, 15) is 14.0 Å². The molecule has 1 aliphatic heterocycles. The number of amides is 2. The van der Waals surface area contributed by atoms with Crippen molar-refractivity contribution in [1.29, 1.82) is 0 Å². The molecule has 0 aromatic heterocycles. The number of ether oxygens (including phenoxy) is 1. The minimum atomic E-state index is -0.566. The maximum atomic E-state index is 13.2. The first-order chi connectivity index (χ1) is 11.5. The molecule has 5 nitrogen and oxygen atoms in total. The van der Waals surface area contributed by atoms with Crippen LogP contribution in [-0.2, 0) is 9.59 Å². The summed E-state index contributed by atoms with van der Waals surface area (Å²) in [5, 5.41) is 2.52. The van der Waals surface area contributed by atoms with E-state index >= 15 is 0 Å². The van der Waals surface area contributed by atoms with Crippen LogP contribution in [0.15, 0.2) is 42.5 Å². The zero-order valence-corrected chi connectivity index (χ0v) is 13.3. The predicted octanol–water partition coefficient (Wildman–Crippen LogP) is 3.23. The van der Waals surface area contributed by atoms with Crippen LogP contribution in [0.25, 0.3) is 0 Å². The molecule has 0 atom stereocenters.